The first-order valence-corrected chi connectivity index (χ1v) is 10.5. The highest BCUT2D eigenvalue weighted by molar-refractivity contribution is 8.00. The molecule has 6 heteroatoms. The van der Waals surface area contributed by atoms with E-state index >= 15 is 0 Å². The van der Waals surface area contributed by atoms with Crippen LogP contribution in [0.1, 0.15) is 50.4 Å². The van der Waals surface area contributed by atoms with E-state index in [2.05, 4.69) is 32.2 Å². The number of carbonyl (C=O) groups excluding carboxylic acids is 1. The Kier molecular flexibility index (Phi) is 4.16. The van der Waals surface area contributed by atoms with E-state index in [9.17, 15) is 4.79 Å². The van der Waals surface area contributed by atoms with Gasteiger partial charge in [-0.3, -0.25) is 4.79 Å². The number of nitrogens with zero attached hydrogens (tertiary/aromatic N) is 3. The van der Waals surface area contributed by atoms with Crippen molar-refractivity contribution in [2.45, 2.75) is 55.0 Å². The SMILES string of the molecule is CC(Sc1nnc(C2CC2)n1C1CC1)C(=O)Nc1cccc2ccccc12. The number of amides is 1. The fraction of sp³-hybridized carbons (Fsp3) is 0.381. The molecule has 2 aliphatic carbocycles. The molecular weight excluding hydrogens is 356 g/mol. The Morgan fingerprint density at radius 3 is 2.67 bits per heavy atom. The minimum absolute atomic E-state index is 0.00493. The van der Waals surface area contributed by atoms with Crippen LogP contribution in [0.15, 0.2) is 47.6 Å². The maximum absolute atomic E-state index is 12.8. The molecule has 27 heavy (non-hydrogen) atoms. The van der Waals surface area contributed by atoms with E-state index in [0.717, 1.165) is 27.4 Å². The van der Waals surface area contributed by atoms with Crippen LogP contribution in [-0.2, 0) is 4.79 Å². The van der Waals surface area contributed by atoms with Crippen LogP contribution in [0, 0.1) is 0 Å². The number of nitrogens with one attached hydrogen (secondary N) is 1. The fourth-order valence-corrected chi connectivity index (χ4v) is 4.37. The first-order valence-electron chi connectivity index (χ1n) is 9.61. The number of hydrogen-bond donors (Lipinski definition) is 1. The molecule has 0 radical (unpaired) electrons. The number of fused-ring (bicyclic) bond motifs is 1. The largest absolute Gasteiger partial charge is 0.325 e. The highest BCUT2D eigenvalue weighted by Crippen LogP contribution is 2.46. The lowest BCUT2D eigenvalue weighted by atomic mass is 10.1. The molecular formula is C21H22N4OS. The van der Waals surface area contributed by atoms with Crippen molar-refractivity contribution in [2.75, 3.05) is 5.32 Å². The van der Waals surface area contributed by atoms with Crippen LogP contribution in [0.25, 0.3) is 10.8 Å². The second-order valence-corrected chi connectivity index (χ2v) is 8.80. The quantitative estimate of drug-likeness (QED) is 0.628. The van der Waals surface area contributed by atoms with Gasteiger partial charge in [0.15, 0.2) is 5.16 Å². The summed E-state index contributed by atoms with van der Waals surface area (Å²) in [5, 5.41) is 14.8. The molecule has 2 aromatic carbocycles. The van der Waals surface area contributed by atoms with Crippen molar-refractivity contribution >= 4 is 34.1 Å². The zero-order valence-corrected chi connectivity index (χ0v) is 16.1. The van der Waals surface area contributed by atoms with Crippen molar-refractivity contribution in [1.82, 2.24) is 14.8 Å². The van der Waals surface area contributed by atoms with Gasteiger partial charge in [0.05, 0.1) is 5.25 Å². The summed E-state index contributed by atoms with van der Waals surface area (Å²) < 4.78 is 2.30. The zero-order chi connectivity index (χ0) is 18.4. The third-order valence-corrected chi connectivity index (χ3v) is 6.30. The molecule has 0 saturated heterocycles. The van der Waals surface area contributed by atoms with Crippen molar-refractivity contribution in [3.05, 3.63) is 48.3 Å². The molecule has 1 unspecified atom stereocenters. The number of aromatic nitrogens is 3. The second-order valence-electron chi connectivity index (χ2n) is 7.49. The summed E-state index contributed by atoms with van der Waals surface area (Å²) in [5.74, 6) is 1.70. The lowest BCUT2D eigenvalue weighted by Gasteiger charge is -2.14. The number of carbonyl (C=O) groups is 1. The highest BCUT2D eigenvalue weighted by atomic mass is 32.2. The number of thioether (sulfide) groups is 1. The summed E-state index contributed by atoms with van der Waals surface area (Å²) in [7, 11) is 0. The van der Waals surface area contributed by atoms with Gasteiger partial charge in [-0.2, -0.15) is 0 Å². The lowest BCUT2D eigenvalue weighted by molar-refractivity contribution is -0.115. The van der Waals surface area contributed by atoms with E-state index in [4.69, 9.17) is 0 Å². The van der Waals surface area contributed by atoms with Crippen LogP contribution < -0.4 is 5.32 Å². The molecule has 1 atom stereocenters. The first kappa shape index (κ1) is 16.8. The third-order valence-electron chi connectivity index (χ3n) is 5.24. The minimum atomic E-state index is -0.238. The van der Waals surface area contributed by atoms with Gasteiger partial charge < -0.3 is 9.88 Å². The molecule has 1 aromatic heterocycles. The van der Waals surface area contributed by atoms with Crippen molar-refractivity contribution < 1.29 is 4.79 Å². The van der Waals surface area contributed by atoms with Gasteiger partial charge in [-0.25, -0.2) is 0 Å². The Morgan fingerprint density at radius 1 is 1.11 bits per heavy atom. The van der Waals surface area contributed by atoms with E-state index in [1.807, 2.05) is 37.3 Å². The van der Waals surface area contributed by atoms with Crippen LogP contribution in [0.3, 0.4) is 0 Å². The summed E-state index contributed by atoms with van der Waals surface area (Å²) in [6.07, 6.45) is 4.82. The van der Waals surface area contributed by atoms with Gasteiger partial charge in [-0.15, -0.1) is 10.2 Å². The monoisotopic (exact) mass is 378 g/mol. The molecule has 1 amide bonds. The Balaban J connectivity index is 1.34. The van der Waals surface area contributed by atoms with Gasteiger partial charge in [0.25, 0.3) is 0 Å². The van der Waals surface area contributed by atoms with Gasteiger partial charge in [0.1, 0.15) is 5.82 Å². The van der Waals surface area contributed by atoms with Crippen molar-refractivity contribution in [2.24, 2.45) is 0 Å². The molecule has 2 aliphatic rings. The lowest BCUT2D eigenvalue weighted by Crippen LogP contribution is -2.23. The number of hydrogen-bond acceptors (Lipinski definition) is 4. The molecule has 1 N–H and O–H groups in total. The average Bonchev–Trinajstić information content (AvgIpc) is 3.61. The Labute approximate surface area is 162 Å². The van der Waals surface area contributed by atoms with Crippen LogP contribution in [0.5, 0.6) is 0 Å². The van der Waals surface area contributed by atoms with E-state index < -0.39 is 0 Å². The number of benzene rings is 2. The summed E-state index contributed by atoms with van der Waals surface area (Å²) in [5.41, 5.74) is 0.855. The van der Waals surface area contributed by atoms with Crippen LogP contribution in [0.4, 0.5) is 5.69 Å². The van der Waals surface area contributed by atoms with E-state index in [-0.39, 0.29) is 11.2 Å². The molecule has 0 aliphatic heterocycles. The smallest absolute Gasteiger partial charge is 0.237 e. The van der Waals surface area contributed by atoms with E-state index in [1.54, 1.807) is 0 Å². The predicted octanol–water partition coefficient (Wildman–Crippen LogP) is 4.76. The summed E-state index contributed by atoms with van der Waals surface area (Å²) in [4.78, 5) is 12.8. The van der Waals surface area contributed by atoms with Crippen LogP contribution >= 0.6 is 11.8 Å². The van der Waals surface area contributed by atoms with Gasteiger partial charge in [-0.05, 0) is 44.1 Å². The fourth-order valence-electron chi connectivity index (χ4n) is 3.44. The Bertz CT molecular complexity index is 1000. The molecule has 2 saturated carbocycles. The van der Waals surface area contributed by atoms with E-state index in [1.165, 1.54) is 37.4 Å². The zero-order valence-electron chi connectivity index (χ0n) is 15.3. The third kappa shape index (κ3) is 3.34. The molecule has 5 rings (SSSR count). The highest BCUT2D eigenvalue weighted by Gasteiger charge is 2.37. The van der Waals surface area contributed by atoms with Gasteiger partial charge >= 0.3 is 0 Å². The van der Waals surface area contributed by atoms with Crippen LogP contribution in [0.2, 0.25) is 0 Å². The molecule has 3 aromatic rings. The molecule has 2 fully saturated rings. The number of anilines is 1. The summed E-state index contributed by atoms with van der Waals surface area (Å²) in [6.45, 7) is 1.94. The molecule has 0 bridgehead atoms. The maximum atomic E-state index is 12.8. The standard InChI is InChI=1S/C21H22N4OS/c1-13(20(26)22-18-8-4-6-14-5-2-3-7-17(14)18)27-21-24-23-19(15-9-10-15)25(21)16-11-12-16/h2-8,13,15-16H,9-12H2,1H3,(H,22,26). The van der Waals surface area contributed by atoms with Crippen molar-refractivity contribution in [3.8, 4) is 0 Å². The Hall–Kier alpha value is -2.34. The molecule has 1 heterocycles. The predicted molar refractivity (Wildman–Crippen MR) is 108 cm³/mol. The van der Waals surface area contributed by atoms with Gasteiger partial charge in [-0.1, -0.05) is 48.2 Å². The van der Waals surface area contributed by atoms with Gasteiger partial charge in [0, 0.05) is 23.0 Å². The van der Waals surface area contributed by atoms with E-state index in [0.29, 0.717) is 12.0 Å². The summed E-state index contributed by atoms with van der Waals surface area (Å²) >= 11 is 1.51. The Morgan fingerprint density at radius 2 is 1.89 bits per heavy atom. The molecule has 5 nitrogen and oxygen atoms in total. The number of rotatable bonds is 6. The van der Waals surface area contributed by atoms with Crippen molar-refractivity contribution in [3.63, 3.8) is 0 Å². The molecule has 138 valence electrons. The first-order chi connectivity index (χ1) is 13.2. The topological polar surface area (TPSA) is 59.8 Å². The second kappa shape index (κ2) is 6.68. The van der Waals surface area contributed by atoms with Crippen LogP contribution in [-0.4, -0.2) is 25.9 Å². The summed E-state index contributed by atoms with van der Waals surface area (Å²) in [6, 6.07) is 14.6. The van der Waals surface area contributed by atoms with Gasteiger partial charge in [0.2, 0.25) is 5.91 Å². The normalized spacial score (nSPS) is 17.8. The maximum Gasteiger partial charge on any atom is 0.237 e. The van der Waals surface area contributed by atoms with Crippen molar-refractivity contribution in [1.29, 1.82) is 0 Å². The molecule has 0 spiro atoms. The average molecular weight is 379 g/mol. The minimum Gasteiger partial charge on any atom is -0.325 e.